The van der Waals surface area contributed by atoms with Crippen molar-refractivity contribution in [3.8, 4) is 0 Å². The zero-order valence-electron chi connectivity index (χ0n) is 12.4. The van der Waals surface area contributed by atoms with Crippen LogP contribution in [0.1, 0.15) is 23.9 Å². The molecule has 1 aromatic heterocycles. The number of hydrogen-bond donors (Lipinski definition) is 2. The fourth-order valence-corrected chi connectivity index (χ4v) is 3.18. The number of aromatic nitrogens is 2. The van der Waals surface area contributed by atoms with Gasteiger partial charge in [0.2, 0.25) is 0 Å². The third-order valence-electron chi connectivity index (χ3n) is 4.16. The molecule has 6 heteroatoms. The van der Waals surface area contributed by atoms with E-state index in [0.717, 1.165) is 30.9 Å². The van der Waals surface area contributed by atoms with Crippen LogP contribution in [-0.4, -0.2) is 34.4 Å². The first-order valence-electron chi connectivity index (χ1n) is 6.97. The van der Waals surface area contributed by atoms with Crippen molar-refractivity contribution in [2.45, 2.75) is 26.3 Å². The van der Waals surface area contributed by atoms with E-state index in [9.17, 15) is 5.11 Å². The number of rotatable bonds is 2. The number of aliphatic hydroxyl groups is 1. The summed E-state index contributed by atoms with van der Waals surface area (Å²) in [4.78, 5) is 4.68. The van der Waals surface area contributed by atoms with Crippen LogP contribution in [0.2, 0.25) is 0 Å². The van der Waals surface area contributed by atoms with Gasteiger partial charge in [0.15, 0.2) is 0 Å². The summed E-state index contributed by atoms with van der Waals surface area (Å²) in [5.41, 5.74) is 3.49. The van der Waals surface area contributed by atoms with Crippen molar-refractivity contribution in [2.24, 2.45) is 5.92 Å². The minimum Gasteiger partial charge on any atom is -0.396 e. The van der Waals surface area contributed by atoms with E-state index in [4.69, 9.17) is 0 Å². The van der Waals surface area contributed by atoms with Crippen LogP contribution in [0.25, 0.3) is 11.0 Å². The predicted molar refractivity (Wildman–Crippen MR) is 90.8 cm³/mol. The van der Waals surface area contributed by atoms with E-state index in [1.54, 1.807) is 0 Å². The Labute approximate surface area is 137 Å². The Bertz CT molecular complexity index is 600. The Morgan fingerprint density at radius 2 is 2.10 bits per heavy atom. The van der Waals surface area contributed by atoms with Gasteiger partial charge in [0.05, 0.1) is 11.0 Å². The molecule has 1 fully saturated rings. The molecule has 0 aliphatic carbocycles. The van der Waals surface area contributed by atoms with Crippen molar-refractivity contribution >= 4 is 35.8 Å². The van der Waals surface area contributed by atoms with Crippen LogP contribution in [0.15, 0.2) is 18.2 Å². The second kappa shape index (κ2) is 7.45. The number of halogens is 2. The quantitative estimate of drug-likeness (QED) is 0.889. The minimum absolute atomic E-state index is 0. The SMILES string of the molecule is Cc1ccc2c(c1)nc(C)n2[C@@H]1CCNC[C@H]1CO.Cl.Cl. The molecular weight excluding hydrogens is 309 g/mol. The Hall–Kier alpha value is -0.810. The van der Waals surface area contributed by atoms with Crippen LogP contribution in [0.3, 0.4) is 0 Å². The van der Waals surface area contributed by atoms with E-state index in [-0.39, 0.29) is 37.3 Å². The number of aliphatic hydroxyl groups excluding tert-OH is 1. The van der Waals surface area contributed by atoms with E-state index in [2.05, 4.69) is 46.9 Å². The molecule has 2 aromatic rings. The fraction of sp³-hybridized carbons (Fsp3) is 0.533. The summed E-state index contributed by atoms with van der Waals surface area (Å²) in [7, 11) is 0. The maximum atomic E-state index is 9.59. The number of imidazole rings is 1. The summed E-state index contributed by atoms with van der Waals surface area (Å²) in [5, 5.41) is 13.0. The van der Waals surface area contributed by atoms with Crippen molar-refractivity contribution in [2.75, 3.05) is 19.7 Å². The molecule has 1 aromatic carbocycles. The van der Waals surface area contributed by atoms with Crippen LogP contribution in [0.4, 0.5) is 0 Å². The number of nitrogens with zero attached hydrogens (tertiary/aromatic N) is 2. The number of benzene rings is 1. The average Bonchev–Trinajstić information content (AvgIpc) is 2.73. The highest BCUT2D eigenvalue weighted by molar-refractivity contribution is 5.85. The molecule has 1 aliphatic heterocycles. The second-order valence-electron chi connectivity index (χ2n) is 5.52. The lowest BCUT2D eigenvalue weighted by atomic mass is 9.93. The van der Waals surface area contributed by atoms with Crippen molar-refractivity contribution in [1.82, 2.24) is 14.9 Å². The van der Waals surface area contributed by atoms with Gasteiger partial charge in [-0.15, -0.1) is 24.8 Å². The molecule has 2 N–H and O–H groups in total. The monoisotopic (exact) mass is 331 g/mol. The molecule has 4 nitrogen and oxygen atoms in total. The van der Waals surface area contributed by atoms with Gasteiger partial charge in [-0.25, -0.2) is 4.98 Å². The van der Waals surface area contributed by atoms with Gasteiger partial charge in [0.25, 0.3) is 0 Å². The molecule has 1 aliphatic rings. The van der Waals surface area contributed by atoms with Crippen LogP contribution in [-0.2, 0) is 0 Å². The third-order valence-corrected chi connectivity index (χ3v) is 4.16. The average molecular weight is 332 g/mol. The molecule has 0 bridgehead atoms. The zero-order chi connectivity index (χ0) is 13.4. The molecule has 2 heterocycles. The lowest BCUT2D eigenvalue weighted by Gasteiger charge is -2.33. The predicted octanol–water partition coefficient (Wildman–Crippen LogP) is 2.64. The molecule has 0 radical (unpaired) electrons. The lowest BCUT2D eigenvalue weighted by Crippen LogP contribution is -2.39. The molecular formula is C15H23Cl2N3O. The summed E-state index contributed by atoms with van der Waals surface area (Å²) >= 11 is 0. The summed E-state index contributed by atoms with van der Waals surface area (Å²) < 4.78 is 2.32. The zero-order valence-corrected chi connectivity index (χ0v) is 14.0. The Morgan fingerprint density at radius 3 is 2.81 bits per heavy atom. The van der Waals surface area contributed by atoms with Gasteiger partial charge >= 0.3 is 0 Å². The maximum absolute atomic E-state index is 9.59. The number of piperidine rings is 1. The highest BCUT2D eigenvalue weighted by Crippen LogP contribution is 2.30. The first-order chi connectivity index (χ1) is 9.20. The number of nitrogens with one attached hydrogen (secondary N) is 1. The summed E-state index contributed by atoms with van der Waals surface area (Å²) in [6.45, 7) is 6.27. The first kappa shape index (κ1) is 18.2. The molecule has 0 amide bonds. The first-order valence-corrected chi connectivity index (χ1v) is 6.97. The maximum Gasteiger partial charge on any atom is 0.106 e. The molecule has 118 valence electrons. The van der Waals surface area contributed by atoms with E-state index >= 15 is 0 Å². The largest absolute Gasteiger partial charge is 0.396 e. The number of aryl methyl sites for hydroxylation is 2. The van der Waals surface area contributed by atoms with Gasteiger partial charge in [-0.05, 0) is 44.5 Å². The highest BCUT2D eigenvalue weighted by atomic mass is 35.5. The van der Waals surface area contributed by atoms with Gasteiger partial charge in [-0.3, -0.25) is 0 Å². The van der Waals surface area contributed by atoms with Gasteiger partial charge in [-0.1, -0.05) is 6.07 Å². The van der Waals surface area contributed by atoms with Crippen molar-refractivity contribution in [3.63, 3.8) is 0 Å². The van der Waals surface area contributed by atoms with Crippen molar-refractivity contribution in [3.05, 3.63) is 29.6 Å². The fourth-order valence-electron chi connectivity index (χ4n) is 3.18. The minimum atomic E-state index is 0. The van der Waals surface area contributed by atoms with Crippen LogP contribution >= 0.6 is 24.8 Å². The van der Waals surface area contributed by atoms with E-state index in [1.165, 1.54) is 11.1 Å². The molecule has 3 rings (SSSR count). The Kier molecular flexibility index (Phi) is 6.47. The van der Waals surface area contributed by atoms with E-state index in [1.807, 2.05) is 0 Å². The van der Waals surface area contributed by atoms with E-state index < -0.39 is 0 Å². The Morgan fingerprint density at radius 1 is 1.33 bits per heavy atom. The smallest absolute Gasteiger partial charge is 0.106 e. The van der Waals surface area contributed by atoms with Gasteiger partial charge in [-0.2, -0.15) is 0 Å². The molecule has 0 spiro atoms. The molecule has 0 unspecified atom stereocenters. The molecule has 21 heavy (non-hydrogen) atoms. The normalized spacial score (nSPS) is 21.7. The number of fused-ring (bicyclic) bond motifs is 1. The highest BCUT2D eigenvalue weighted by Gasteiger charge is 2.28. The Balaban J connectivity index is 0.00000110. The molecule has 0 saturated carbocycles. The van der Waals surface area contributed by atoms with Crippen LogP contribution in [0, 0.1) is 19.8 Å². The lowest BCUT2D eigenvalue weighted by molar-refractivity contribution is 0.150. The topological polar surface area (TPSA) is 50.1 Å². The molecule has 1 saturated heterocycles. The summed E-state index contributed by atoms with van der Waals surface area (Å²) in [5.74, 6) is 1.32. The number of hydrogen-bond acceptors (Lipinski definition) is 3. The van der Waals surface area contributed by atoms with Crippen molar-refractivity contribution < 1.29 is 5.11 Å². The second-order valence-corrected chi connectivity index (χ2v) is 5.52. The molecule has 2 atom stereocenters. The van der Waals surface area contributed by atoms with Gasteiger partial charge < -0.3 is 15.0 Å². The summed E-state index contributed by atoms with van der Waals surface area (Å²) in [6.07, 6.45) is 1.05. The van der Waals surface area contributed by atoms with Crippen molar-refractivity contribution in [1.29, 1.82) is 0 Å². The summed E-state index contributed by atoms with van der Waals surface area (Å²) in [6, 6.07) is 6.77. The van der Waals surface area contributed by atoms with Crippen LogP contribution in [0.5, 0.6) is 0 Å². The standard InChI is InChI=1S/C15H21N3O.2ClH/c1-10-3-4-15-13(7-10)17-11(2)18(15)14-5-6-16-8-12(14)9-19;;/h3-4,7,12,14,16,19H,5-6,8-9H2,1-2H3;2*1H/t12-,14+;;/m0../s1. The van der Waals surface area contributed by atoms with Crippen LogP contribution < -0.4 is 5.32 Å². The van der Waals surface area contributed by atoms with Gasteiger partial charge in [0.1, 0.15) is 5.82 Å². The van der Waals surface area contributed by atoms with E-state index in [0.29, 0.717) is 6.04 Å². The third kappa shape index (κ3) is 3.34. The van der Waals surface area contributed by atoms with Gasteiger partial charge in [0, 0.05) is 25.1 Å².